The standard InChI is InChI=1S/C17H16ClN3O5S/c1-27(25,26)20-7-6-11-2-4-14(8-13(11)10-20)19-17(22)12-3-5-15(18)16(9-12)21(23)24/h2-5,8-9H,6-7,10H2,1H3,(H,19,22). The van der Waals surface area contributed by atoms with E-state index in [0.29, 0.717) is 18.7 Å². The molecule has 27 heavy (non-hydrogen) atoms. The molecule has 0 fully saturated rings. The van der Waals surface area contributed by atoms with E-state index in [1.54, 1.807) is 12.1 Å². The molecule has 1 amide bonds. The number of rotatable bonds is 4. The Kier molecular flexibility index (Phi) is 5.18. The maximum Gasteiger partial charge on any atom is 0.288 e. The first kappa shape index (κ1) is 19.3. The van der Waals surface area contributed by atoms with Crippen LogP contribution in [0, 0.1) is 10.1 Å². The average molecular weight is 410 g/mol. The van der Waals surface area contributed by atoms with Gasteiger partial charge in [-0.3, -0.25) is 14.9 Å². The first-order chi connectivity index (χ1) is 12.6. The Morgan fingerprint density at radius 2 is 1.96 bits per heavy atom. The highest BCUT2D eigenvalue weighted by Crippen LogP contribution is 2.27. The summed E-state index contributed by atoms with van der Waals surface area (Å²) >= 11 is 5.76. The lowest BCUT2D eigenvalue weighted by atomic mass is 10.0. The molecule has 3 rings (SSSR count). The van der Waals surface area contributed by atoms with Crippen molar-refractivity contribution in [3.8, 4) is 0 Å². The van der Waals surface area contributed by atoms with Gasteiger partial charge in [-0.25, -0.2) is 8.42 Å². The lowest BCUT2D eigenvalue weighted by Gasteiger charge is -2.27. The minimum absolute atomic E-state index is 0.0498. The minimum atomic E-state index is -3.29. The predicted octanol–water partition coefficient (Wildman–Crippen LogP) is 2.82. The maximum atomic E-state index is 12.4. The van der Waals surface area contributed by atoms with Gasteiger partial charge in [-0.1, -0.05) is 17.7 Å². The van der Waals surface area contributed by atoms with E-state index in [-0.39, 0.29) is 22.8 Å². The predicted molar refractivity (Wildman–Crippen MR) is 101 cm³/mol. The van der Waals surface area contributed by atoms with Crippen LogP contribution in [0.25, 0.3) is 0 Å². The molecule has 0 bridgehead atoms. The third-order valence-electron chi connectivity index (χ3n) is 4.32. The van der Waals surface area contributed by atoms with E-state index in [1.807, 2.05) is 6.07 Å². The number of carbonyl (C=O) groups is 1. The fourth-order valence-corrected chi connectivity index (χ4v) is 3.87. The number of fused-ring (bicyclic) bond motifs is 1. The normalized spacial score (nSPS) is 14.4. The van der Waals surface area contributed by atoms with Crippen LogP contribution in [0.15, 0.2) is 36.4 Å². The van der Waals surface area contributed by atoms with Crippen molar-refractivity contribution in [2.45, 2.75) is 13.0 Å². The van der Waals surface area contributed by atoms with Gasteiger partial charge in [-0.15, -0.1) is 0 Å². The second-order valence-electron chi connectivity index (χ2n) is 6.21. The molecular weight excluding hydrogens is 394 g/mol. The van der Waals surface area contributed by atoms with Crippen LogP contribution in [0.5, 0.6) is 0 Å². The van der Waals surface area contributed by atoms with Gasteiger partial charge >= 0.3 is 0 Å². The molecule has 2 aromatic rings. The number of benzene rings is 2. The summed E-state index contributed by atoms with van der Waals surface area (Å²) in [5.41, 5.74) is 2.06. The van der Waals surface area contributed by atoms with E-state index in [4.69, 9.17) is 11.6 Å². The van der Waals surface area contributed by atoms with Gasteiger partial charge in [-0.2, -0.15) is 4.31 Å². The third kappa shape index (κ3) is 4.26. The number of hydrogen-bond donors (Lipinski definition) is 1. The summed E-state index contributed by atoms with van der Waals surface area (Å²) in [4.78, 5) is 22.7. The molecule has 0 saturated carbocycles. The molecule has 0 saturated heterocycles. The van der Waals surface area contributed by atoms with E-state index in [0.717, 1.165) is 23.4 Å². The first-order valence-electron chi connectivity index (χ1n) is 7.97. The van der Waals surface area contributed by atoms with Gasteiger partial charge in [0.15, 0.2) is 0 Å². The number of amides is 1. The van der Waals surface area contributed by atoms with Crippen molar-refractivity contribution in [1.29, 1.82) is 0 Å². The van der Waals surface area contributed by atoms with Crippen LogP contribution < -0.4 is 5.32 Å². The van der Waals surface area contributed by atoms with Gasteiger partial charge in [-0.05, 0) is 41.8 Å². The number of halogens is 1. The van der Waals surface area contributed by atoms with Gasteiger partial charge in [0.2, 0.25) is 10.0 Å². The Morgan fingerprint density at radius 1 is 1.22 bits per heavy atom. The molecule has 0 aromatic heterocycles. The molecule has 1 aliphatic heterocycles. The minimum Gasteiger partial charge on any atom is -0.322 e. The lowest BCUT2D eigenvalue weighted by Crippen LogP contribution is -2.35. The van der Waals surface area contributed by atoms with Crippen LogP contribution in [0.4, 0.5) is 11.4 Å². The first-order valence-corrected chi connectivity index (χ1v) is 10.2. The van der Waals surface area contributed by atoms with Crippen molar-refractivity contribution in [3.63, 3.8) is 0 Å². The Hall–Kier alpha value is -2.49. The number of sulfonamides is 1. The summed E-state index contributed by atoms with van der Waals surface area (Å²) in [6.45, 7) is 0.663. The second-order valence-corrected chi connectivity index (χ2v) is 8.60. The molecule has 8 nitrogen and oxygen atoms in total. The lowest BCUT2D eigenvalue weighted by molar-refractivity contribution is -0.384. The zero-order valence-electron chi connectivity index (χ0n) is 14.3. The monoisotopic (exact) mass is 409 g/mol. The quantitative estimate of drug-likeness (QED) is 0.616. The Bertz CT molecular complexity index is 1040. The van der Waals surface area contributed by atoms with Crippen molar-refractivity contribution < 1.29 is 18.1 Å². The van der Waals surface area contributed by atoms with Crippen molar-refractivity contribution in [3.05, 3.63) is 68.2 Å². The number of nitro benzene ring substituents is 1. The van der Waals surface area contributed by atoms with Crippen LogP contribution in [0.3, 0.4) is 0 Å². The highest BCUT2D eigenvalue weighted by atomic mass is 35.5. The van der Waals surface area contributed by atoms with Gasteiger partial charge in [0.1, 0.15) is 5.02 Å². The van der Waals surface area contributed by atoms with Gasteiger partial charge in [0, 0.05) is 30.4 Å². The number of nitrogens with zero attached hydrogens (tertiary/aromatic N) is 2. The summed E-state index contributed by atoms with van der Waals surface area (Å²) in [7, 11) is -3.29. The summed E-state index contributed by atoms with van der Waals surface area (Å²) in [5.74, 6) is -0.523. The number of anilines is 1. The molecule has 142 valence electrons. The van der Waals surface area contributed by atoms with Crippen LogP contribution >= 0.6 is 11.6 Å². The Labute approximate surface area is 160 Å². The van der Waals surface area contributed by atoms with Crippen molar-refractivity contribution in [2.24, 2.45) is 0 Å². The number of hydrogen-bond acceptors (Lipinski definition) is 5. The van der Waals surface area contributed by atoms with E-state index < -0.39 is 20.9 Å². The molecule has 0 spiro atoms. The summed E-state index contributed by atoms with van der Waals surface area (Å²) < 4.78 is 24.9. The summed E-state index contributed by atoms with van der Waals surface area (Å²) in [6, 6.07) is 9.09. The molecule has 0 atom stereocenters. The molecular formula is C17H16ClN3O5S. The molecule has 1 heterocycles. The SMILES string of the molecule is CS(=O)(=O)N1CCc2ccc(NC(=O)c3ccc(Cl)c([N+](=O)[O-])c3)cc2C1. The van der Waals surface area contributed by atoms with Crippen LogP contribution in [-0.2, 0) is 23.0 Å². The van der Waals surface area contributed by atoms with Crippen LogP contribution in [-0.4, -0.2) is 36.4 Å². The molecule has 2 aromatic carbocycles. The van der Waals surface area contributed by atoms with Gasteiger partial charge in [0.05, 0.1) is 11.2 Å². The summed E-state index contributed by atoms with van der Waals surface area (Å²) in [6.07, 6.45) is 1.76. The smallest absolute Gasteiger partial charge is 0.288 e. The van der Waals surface area contributed by atoms with Gasteiger partial charge in [0.25, 0.3) is 11.6 Å². The number of nitrogens with one attached hydrogen (secondary N) is 1. The number of nitro groups is 1. The number of carbonyl (C=O) groups excluding carboxylic acids is 1. The van der Waals surface area contributed by atoms with E-state index in [1.165, 1.54) is 16.4 Å². The molecule has 0 unspecified atom stereocenters. The van der Waals surface area contributed by atoms with Crippen molar-refractivity contribution >= 4 is 38.9 Å². The largest absolute Gasteiger partial charge is 0.322 e. The van der Waals surface area contributed by atoms with Gasteiger partial charge < -0.3 is 5.32 Å². The van der Waals surface area contributed by atoms with Crippen molar-refractivity contribution in [1.82, 2.24) is 4.31 Å². The third-order valence-corrected chi connectivity index (χ3v) is 5.88. The zero-order valence-corrected chi connectivity index (χ0v) is 15.9. The topological polar surface area (TPSA) is 110 Å². The van der Waals surface area contributed by atoms with Crippen molar-refractivity contribution in [2.75, 3.05) is 18.1 Å². The molecule has 1 N–H and O–H groups in total. The van der Waals surface area contributed by atoms with E-state index in [9.17, 15) is 23.3 Å². The van der Waals surface area contributed by atoms with Crippen LogP contribution in [0.1, 0.15) is 21.5 Å². The molecule has 0 aliphatic carbocycles. The average Bonchev–Trinajstić information content (AvgIpc) is 2.60. The Morgan fingerprint density at radius 3 is 2.63 bits per heavy atom. The van der Waals surface area contributed by atoms with E-state index >= 15 is 0 Å². The maximum absolute atomic E-state index is 12.4. The molecule has 1 aliphatic rings. The Balaban J connectivity index is 1.82. The highest BCUT2D eigenvalue weighted by molar-refractivity contribution is 7.88. The van der Waals surface area contributed by atoms with E-state index in [2.05, 4.69) is 5.32 Å². The molecule has 0 radical (unpaired) electrons. The second kappa shape index (κ2) is 7.26. The van der Waals surface area contributed by atoms with Crippen LogP contribution in [0.2, 0.25) is 5.02 Å². The fourth-order valence-electron chi connectivity index (χ4n) is 2.89. The summed E-state index contributed by atoms with van der Waals surface area (Å²) in [5, 5.41) is 13.6. The molecule has 10 heteroatoms. The zero-order chi connectivity index (χ0) is 19.8. The highest BCUT2D eigenvalue weighted by Gasteiger charge is 2.23. The fraction of sp³-hybridized carbons (Fsp3) is 0.235.